The van der Waals surface area contributed by atoms with Crippen LogP contribution in [0.15, 0.2) is 61.2 Å². The normalized spacial score (nSPS) is 15.0. The molecule has 2 unspecified atom stereocenters. The van der Waals surface area contributed by atoms with Crippen LogP contribution in [0.4, 0.5) is 4.39 Å². The second-order valence-corrected chi connectivity index (χ2v) is 5.91. The molecule has 2 atom stereocenters. The summed E-state index contributed by atoms with van der Waals surface area (Å²) >= 11 is 5.91. The molecule has 24 heavy (non-hydrogen) atoms. The van der Waals surface area contributed by atoms with E-state index in [2.05, 4.69) is 10.1 Å². The van der Waals surface area contributed by atoms with Crippen LogP contribution in [0, 0.1) is 5.82 Å². The van der Waals surface area contributed by atoms with Gasteiger partial charge in [0.2, 0.25) is 0 Å². The van der Waals surface area contributed by atoms with Gasteiger partial charge in [0.1, 0.15) is 30.2 Å². The predicted octanol–water partition coefficient (Wildman–Crippen LogP) is 2.69. The Morgan fingerprint density at radius 2 is 1.79 bits per heavy atom. The Morgan fingerprint density at radius 3 is 2.38 bits per heavy atom. The Hall–Kier alpha value is -2.28. The van der Waals surface area contributed by atoms with Crippen molar-refractivity contribution < 1.29 is 14.6 Å². The summed E-state index contributed by atoms with van der Waals surface area (Å²) in [4.78, 5) is 3.85. The van der Waals surface area contributed by atoms with Gasteiger partial charge in [0.05, 0.1) is 6.54 Å². The van der Waals surface area contributed by atoms with Crippen molar-refractivity contribution in [1.29, 1.82) is 0 Å². The van der Waals surface area contributed by atoms with Gasteiger partial charge >= 0.3 is 0 Å². The van der Waals surface area contributed by atoms with E-state index in [1.807, 2.05) is 0 Å². The fourth-order valence-electron chi connectivity index (χ4n) is 2.56. The summed E-state index contributed by atoms with van der Waals surface area (Å²) in [5, 5.41) is 26.5. The zero-order valence-corrected chi connectivity index (χ0v) is 13.3. The molecular formula is C17H15ClFN3O2. The molecule has 0 saturated heterocycles. The highest BCUT2D eigenvalue weighted by atomic mass is 35.5. The van der Waals surface area contributed by atoms with E-state index >= 15 is 0 Å². The zero-order valence-electron chi connectivity index (χ0n) is 12.5. The maximum absolute atomic E-state index is 13.1. The smallest absolute Gasteiger partial charge is 0.139 e. The molecule has 0 radical (unpaired) electrons. The maximum atomic E-state index is 13.1. The van der Waals surface area contributed by atoms with E-state index in [1.54, 1.807) is 24.3 Å². The van der Waals surface area contributed by atoms with Gasteiger partial charge in [0.15, 0.2) is 0 Å². The van der Waals surface area contributed by atoms with Gasteiger partial charge in [0, 0.05) is 5.02 Å². The first-order valence-corrected chi connectivity index (χ1v) is 7.61. The lowest BCUT2D eigenvalue weighted by atomic mass is 9.84. The van der Waals surface area contributed by atoms with Crippen LogP contribution in [-0.2, 0) is 12.1 Å². The topological polar surface area (TPSA) is 71.2 Å². The number of rotatable bonds is 5. The number of hydrogen-bond acceptors (Lipinski definition) is 4. The first kappa shape index (κ1) is 16.6. The number of benzene rings is 2. The monoisotopic (exact) mass is 347 g/mol. The average Bonchev–Trinajstić information content (AvgIpc) is 3.08. The quantitative estimate of drug-likeness (QED) is 0.744. The highest BCUT2D eigenvalue weighted by molar-refractivity contribution is 6.30. The van der Waals surface area contributed by atoms with Crippen LogP contribution in [0.1, 0.15) is 17.2 Å². The van der Waals surface area contributed by atoms with Crippen molar-refractivity contribution in [3.05, 3.63) is 83.2 Å². The van der Waals surface area contributed by atoms with E-state index in [4.69, 9.17) is 11.6 Å². The van der Waals surface area contributed by atoms with Gasteiger partial charge < -0.3 is 10.2 Å². The number of halogens is 2. The highest BCUT2D eigenvalue weighted by Crippen LogP contribution is 2.37. The Kier molecular flexibility index (Phi) is 4.62. The molecule has 124 valence electrons. The molecule has 3 aromatic rings. The highest BCUT2D eigenvalue weighted by Gasteiger charge is 2.39. The first-order chi connectivity index (χ1) is 11.5. The van der Waals surface area contributed by atoms with Gasteiger partial charge in [-0.15, -0.1) is 0 Å². The lowest BCUT2D eigenvalue weighted by Gasteiger charge is -2.33. The number of aromatic nitrogens is 3. The van der Waals surface area contributed by atoms with Crippen LogP contribution in [0.5, 0.6) is 0 Å². The Balaban J connectivity index is 2.03. The number of aliphatic hydroxyl groups is 2. The lowest BCUT2D eigenvalue weighted by molar-refractivity contribution is -0.0965. The minimum Gasteiger partial charge on any atom is -0.385 e. The van der Waals surface area contributed by atoms with Gasteiger partial charge in [-0.3, -0.25) is 0 Å². The van der Waals surface area contributed by atoms with E-state index in [1.165, 1.54) is 41.6 Å². The van der Waals surface area contributed by atoms with Crippen molar-refractivity contribution >= 4 is 11.6 Å². The van der Waals surface area contributed by atoms with Crippen LogP contribution < -0.4 is 0 Å². The minimum atomic E-state index is -1.70. The average molecular weight is 348 g/mol. The number of hydrogen-bond donors (Lipinski definition) is 2. The van der Waals surface area contributed by atoms with Gasteiger partial charge in [-0.1, -0.05) is 35.9 Å². The molecule has 2 aromatic carbocycles. The van der Waals surface area contributed by atoms with Crippen molar-refractivity contribution in [2.45, 2.75) is 18.2 Å². The summed E-state index contributed by atoms with van der Waals surface area (Å²) in [7, 11) is 0. The second-order valence-electron chi connectivity index (χ2n) is 5.48. The molecule has 0 bridgehead atoms. The summed E-state index contributed by atoms with van der Waals surface area (Å²) < 4.78 is 14.6. The Morgan fingerprint density at radius 1 is 1.12 bits per heavy atom. The molecule has 5 nitrogen and oxygen atoms in total. The third-order valence-electron chi connectivity index (χ3n) is 3.85. The lowest BCUT2D eigenvalue weighted by Crippen LogP contribution is -2.38. The SMILES string of the molecule is OC(c1ccc(F)cc1)C(O)(Cn1cncn1)c1ccc(Cl)cc1. The number of nitrogens with zero attached hydrogens (tertiary/aromatic N) is 3. The maximum Gasteiger partial charge on any atom is 0.139 e. The molecule has 0 amide bonds. The van der Waals surface area contributed by atoms with Crippen LogP contribution >= 0.6 is 11.6 Å². The molecule has 0 aliphatic heterocycles. The van der Waals surface area contributed by atoms with Crippen molar-refractivity contribution in [2.24, 2.45) is 0 Å². The molecule has 0 spiro atoms. The fourth-order valence-corrected chi connectivity index (χ4v) is 2.68. The molecule has 0 aliphatic carbocycles. The second kappa shape index (κ2) is 6.68. The van der Waals surface area contributed by atoms with Crippen LogP contribution in [0.2, 0.25) is 5.02 Å². The molecule has 0 saturated carbocycles. The molecule has 0 fully saturated rings. The predicted molar refractivity (Wildman–Crippen MR) is 86.7 cm³/mol. The molecule has 3 rings (SSSR count). The summed E-state index contributed by atoms with van der Waals surface area (Å²) in [5.41, 5.74) is -0.857. The number of aliphatic hydroxyl groups excluding tert-OH is 1. The van der Waals surface area contributed by atoms with Crippen molar-refractivity contribution in [3.8, 4) is 0 Å². The van der Waals surface area contributed by atoms with Crippen molar-refractivity contribution in [2.75, 3.05) is 0 Å². The van der Waals surface area contributed by atoms with E-state index in [9.17, 15) is 14.6 Å². The zero-order chi connectivity index (χ0) is 17.2. The Bertz CT molecular complexity index is 794. The molecule has 1 heterocycles. The summed E-state index contributed by atoms with van der Waals surface area (Å²) in [6.45, 7) is -0.0345. The van der Waals surface area contributed by atoms with Crippen LogP contribution in [0.25, 0.3) is 0 Å². The van der Waals surface area contributed by atoms with E-state index in [0.29, 0.717) is 16.1 Å². The summed E-state index contributed by atoms with van der Waals surface area (Å²) in [6.07, 6.45) is 1.48. The van der Waals surface area contributed by atoms with Gasteiger partial charge in [-0.05, 0) is 35.4 Å². The summed E-state index contributed by atoms with van der Waals surface area (Å²) in [6, 6.07) is 11.8. The minimum absolute atomic E-state index is 0.0345. The Labute approximate surface area is 143 Å². The van der Waals surface area contributed by atoms with Gasteiger partial charge in [-0.25, -0.2) is 14.1 Å². The third kappa shape index (κ3) is 3.31. The molecule has 1 aromatic heterocycles. The van der Waals surface area contributed by atoms with Crippen LogP contribution in [-0.4, -0.2) is 25.0 Å². The van der Waals surface area contributed by atoms with Crippen molar-refractivity contribution in [3.63, 3.8) is 0 Å². The van der Waals surface area contributed by atoms with E-state index in [-0.39, 0.29) is 6.54 Å². The van der Waals surface area contributed by atoms with Crippen LogP contribution in [0.3, 0.4) is 0 Å². The molecule has 2 N–H and O–H groups in total. The standard InChI is InChI=1S/C17H15ClFN3O2/c18-14-5-3-13(4-6-14)17(24,9-22-11-20-10-21-22)16(23)12-1-7-15(19)8-2-12/h1-8,10-11,16,23-24H,9H2. The molecule has 7 heteroatoms. The van der Waals surface area contributed by atoms with Crippen molar-refractivity contribution in [1.82, 2.24) is 14.8 Å². The first-order valence-electron chi connectivity index (χ1n) is 7.23. The van der Waals surface area contributed by atoms with E-state index < -0.39 is 17.5 Å². The summed E-state index contributed by atoms with van der Waals surface area (Å²) in [5.74, 6) is -0.419. The fraction of sp³-hybridized carbons (Fsp3) is 0.176. The molecular weight excluding hydrogens is 333 g/mol. The largest absolute Gasteiger partial charge is 0.385 e. The van der Waals surface area contributed by atoms with Gasteiger partial charge in [0.25, 0.3) is 0 Å². The third-order valence-corrected chi connectivity index (χ3v) is 4.10. The van der Waals surface area contributed by atoms with E-state index in [0.717, 1.165) is 0 Å². The van der Waals surface area contributed by atoms with Gasteiger partial charge in [-0.2, -0.15) is 5.10 Å². The molecule has 0 aliphatic rings.